The van der Waals surface area contributed by atoms with Crippen LogP contribution in [0.2, 0.25) is 0 Å². The zero-order chi connectivity index (χ0) is 20.5. The van der Waals surface area contributed by atoms with Crippen LogP contribution >= 0.6 is 0 Å². The van der Waals surface area contributed by atoms with Gasteiger partial charge in [-0.15, -0.1) is 0 Å². The van der Waals surface area contributed by atoms with Gasteiger partial charge in [-0.05, 0) is 48.9 Å². The van der Waals surface area contributed by atoms with Crippen molar-refractivity contribution in [2.24, 2.45) is 5.92 Å². The van der Waals surface area contributed by atoms with E-state index in [2.05, 4.69) is 17.4 Å². The molecule has 1 fully saturated rings. The van der Waals surface area contributed by atoms with Gasteiger partial charge in [0.15, 0.2) is 0 Å². The zero-order valence-corrected chi connectivity index (χ0v) is 17.1. The van der Waals surface area contributed by atoms with Gasteiger partial charge in [-0.1, -0.05) is 42.5 Å². The van der Waals surface area contributed by atoms with Crippen molar-refractivity contribution in [2.75, 3.05) is 26.7 Å². The smallest absolute Gasteiger partial charge is 0.223 e. The largest absolute Gasteiger partial charge is 0.497 e. The van der Waals surface area contributed by atoms with E-state index in [0.29, 0.717) is 26.1 Å². The van der Waals surface area contributed by atoms with Crippen molar-refractivity contribution in [2.45, 2.75) is 32.1 Å². The lowest BCUT2D eigenvalue weighted by Gasteiger charge is -2.31. The summed E-state index contributed by atoms with van der Waals surface area (Å²) in [4.78, 5) is 26.8. The number of carbonyl (C=O) groups excluding carboxylic acids is 2. The molecule has 2 amide bonds. The number of hydrogen-bond acceptors (Lipinski definition) is 3. The number of nitrogens with one attached hydrogen (secondary N) is 1. The first-order chi connectivity index (χ1) is 14.2. The first-order valence-electron chi connectivity index (χ1n) is 10.4. The monoisotopic (exact) mass is 394 g/mol. The van der Waals surface area contributed by atoms with Crippen molar-refractivity contribution in [3.63, 3.8) is 0 Å². The van der Waals surface area contributed by atoms with E-state index in [1.54, 1.807) is 7.11 Å². The van der Waals surface area contributed by atoms with Gasteiger partial charge in [0.25, 0.3) is 0 Å². The zero-order valence-electron chi connectivity index (χ0n) is 17.1. The first-order valence-corrected chi connectivity index (χ1v) is 10.4. The number of hydrogen-bond donors (Lipinski definition) is 1. The third-order valence-corrected chi connectivity index (χ3v) is 5.54. The van der Waals surface area contributed by atoms with Gasteiger partial charge in [0.1, 0.15) is 5.75 Å². The summed E-state index contributed by atoms with van der Waals surface area (Å²) in [6.07, 6.45) is 3.55. The van der Waals surface area contributed by atoms with Crippen molar-refractivity contribution >= 4 is 11.8 Å². The van der Waals surface area contributed by atoms with Crippen LogP contribution in [-0.4, -0.2) is 43.5 Å². The van der Waals surface area contributed by atoms with Crippen LogP contribution in [-0.2, 0) is 22.4 Å². The second-order valence-electron chi connectivity index (χ2n) is 7.53. The summed E-state index contributed by atoms with van der Waals surface area (Å²) in [6, 6.07) is 18.0. The van der Waals surface area contributed by atoms with Gasteiger partial charge in [-0.25, -0.2) is 0 Å². The quantitative estimate of drug-likeness (QED) is 0.748. The number of ether oxygens (including phenoxy) is 1. The molecule has 1 aliphatic heterocycles. The fraction of sp³-hybridized carbons (Fsp3) is 0.417. The van der Waals surface area contributed by atoms with E-state index in [-0.39, 0.29) is 17.7 Å². The maximum atomic E-state index is 12.5. The Hall–Kier alpha value is -2.82. The number of methoxy groups -OCH3 is 1. The molecule has 0 saturated carbocycles. The van der Waals surface area contributed by atoms with E-state index in [0.717, 1.165) is 37.0 Å². The maximum absolute atomic E-state index is 12.5. The molecule has 0 spiro atoms. The van der Waals surface area contributed by atoms with Gasteiger partial charge in [-0.2, -0.15) is 0 Å². The predicted octanol–water partition coefficient (Wildman–Crippen LogP) is 3.23. The number of piperidine rings is 1. The van der Waals surface area contributed by atoms with E-state index < -0.39 is 0 Å². The van der Waals surface area contributed by atoms with Crippen molar-refractivity contribution in [1.29, 1.82) is 0 Å². The average Bonchev–Trinajstić information content (AvgIpc) is 2.78. The molecule has 0 aromatic heterocycles. The summed E-state index contributed by atoms with van der Waals surface area (Å²) in [5.74, 6) is 1.12. The highest BCUT2D eigenvalue weighted by Gasteiger charge is 2.26. The van der Waals surface area contributed by atoms with Crippen LogP contribution in [0.1, 0.15) is 30.4 Å². The minimum absolute atomic E-state index is 0.00140. The third kappa shape index (κ3) is 6.34. The number of aryl methyl sites for hydroxylation is 1. The molecule has 2 aromatic rings. The first kappa shape index (κ1) is 20.9. The Balaban J connectivity index is 1.36. The molecule has 5 nitrogen and oxygen atoms in total. The fourth-order valence-corrected chi connectivity index (χ4v) is 3.75. The summed E-state index contributed by atoms with van der Waals surface area (Å²) in [5, 5.41) is 3.05. The Kier molecular flexibility index (Phi) is 7.68. The summed E-state index contributed by atoms with van der Waals surface area (Å²) >= 11 is 0. The highest BCUT2D eigenvalue weighted by atomic mass is 16.5. The number of nitrogens with zero attached hydrogens (tertiary/aromatic N) is 1. The average molecular weight is 395 g/mol. The molecule has 1 saturated heterocycles. The maximum Gasteiger partial charge on any atom is 0.223 e. The van der Waals surface area contributed by atoms with Crippen molar-refractivity contribution < 1.29 is 14.3 Å². The molecule has 0 radical (unpaired) electrons. The summed E-state index contributed by atoms with van der Waals surface area (Å²) in [7, 11) is 1.65. The van der Waals surface area contributed by atoms with Gasteiger partial charge in [0.2, 0.25) is 11.8 Å². The molecule has 5 heteroatoms. The topological polar surface area (TPSA) is 58.6 Å². The Labute approximate surface area is 173 Å². The lowest BCUT2D eigenvalue weighted by atomic mass is 9.95. The molecule has 1 heterocycles. The molecule has 0 aliphatic carbocycles. The lowest BCUT2D eigenvalue weighted by Crippen LogP contribution is -2.43. The summed E-state index contributed by atoms with van der Waals surface area (Å²) in [6.45, 7) is 1.95. The molecular formula is C24H30N2O3. The number of likely N-dealkylation sites (tertiary alicyclic amines) is 1. The second-order valence-corrected chi connectivity index (χ2v) is 7.53. The normalized spacial score (nSPS) is 14.4. The minimum Gasteiger partial charge on any atom is -0.497 e. The highest BCUT2D eigenvalue weighted by molar-refractivity contribution is 5.80. The van der Waals surface area contributed by atoms with Crippen molar-refractivity contribution in [1.82, 2.24) is 10.2 Å². The molecular weight excluding hydrogens is 364 g/mol. The van der Waals surface area contributed by atoms with E-state index in [4.69, 9.17) is 4.74 Å². The number of carbonyl (C=O) groups is 2. The van der Waals surface area contributed by atoms with Gasteiger partial charge >= 0.3 is 0 Å². The van der Waals surface area contributed by atoms with E-state index in [1.165, 1.54) is 5.56 Å². The molecule has 1 aliphatic rings. The number of rotatable bonds is 8. The van der Waals surface area contributed by atoms with Crippen LogP contribution in [0.3, 0.4) is 0 Å². The van der Waals surface area contributed by atoms with Crippen molar-refractivity contribution in [3.05, 3.63) is 65.7 Å². The minimum atomic E-state index is -0.00140. The Bertz CT molecular complexity index is 799. The van der Waals surface area contributed by atoms with Crippen LogP contribution in [0.5, 0.6) is 5.75 Å². The molecule has 3 rings (SSSR count). The van der Waals surface area contributed by atoms with Gasteiger partial charge in [-0.3, -0.25) is 9.59 Å². The van der Waals surface area contributed by atoms with Gasteiger partial charge < -0.3 is 15.0 Å². The summed E-state index contributed by atoms with van der Waals surface area (Å²) in [5.41, 5.74) is 2.33. The van der Waals surface area contributed by atoms with Crippen LogP contribution in [0, 0.1) is 5.92 Å². The Morgan fingerprint density at radius 3 is 2.45 bits per heavy atom. The third-order valence-electron chi connectivity index (χ3n) is 5.54. The lowest BCUT2D eigenvalue weighted by molar-refractivity contribution is -0.135. The fourth-order valence-electron chi connectivity index (χ4n) is 3.75. The molecule has 0 bridgehead atoms. The second kappa shape index (κ2) is 10.6. The van der Waals surface area contributed by atoms with E-state index in [1.807, 2.05) is 47.4 Å². The Morgan fingerprint density at radius 1 is 1.00 bits per heavy atom. The van der Waals surface area contributed by atoms with Crippen LogP contribution < -0.4 is 10.1 Å². The number of benzene rings is 2. The molecule has 1 N–H and O–H groups in total. The summed E-state index contributed by atoms with van der Waals surface area (Å²) < 4.78 is 5.23. The van der Waals surface area contributed by atoms with E-state index in [9.17, 15) is 9.59 Å². The predicted molar refractivity (Wildman–Crippen MR) is 114 cm³/mol. The van der Waals surface area contributed by atoms with Crippen LogP contribution in [0.25, 0.3) is 0 Å². The highest BCUT2D eigenvalue weighted by Crippen LogP contribution is 2.19. The van der Waals surface area contributed by atoms with Gasteiger partial charge in [0.05, 0.1) is 7.11 Å². The molecule has 154 valence electrons. The van der Waals surface area contributed by atoms with Crippen molar-refractivity contribution in [3.8, 4) is 5.75 Å². The molecule has 0 atom stereocenters. The standard InChI is InChI=1S/C24H30N2O3/c1-29-22-9-5-8-20(18-22)12-15-25-24(28)21-13-16-26(17-14-21)23(27)11-10-19-6-3-2-4-7-19/h2-9,18,21H,10-17H2,1H3,(H,25,28). The van der Waals surface area contributed by atoms with Crippen LogP contribution in [0.15, 0.2) is 54.6 Å². The molecule has 0 unspecified atom stereocenters. The van der Waals surface area contributed by atoms with Gasteiger partial charge in [0, 0.05) is 32.0 Å². The Morgan fingerprint density at radius 2 is 1.72 bits per heavy atom. The molecule has 2 aromatic carbocycles. The van der Waals surface area contributed by atoms with E-state index >= 15 is 0 Å². The van der Waals surface area contributed by atoms with Crippen LogP contribution in [0.4, 0.5) is 0 Å². The molecule has 29 heavy (non-hydrogen) atoms. The SMILES string of the molecule is COc1cccc(CCNC(=O)C2CCN(C(=O)CCc3ccccc3)CC2)c1. The number of amides is 2.